The summed E-state index contributed by atoms with van der Waals surface area (Å²) < 4.78 is 0. The molecule has 0 radical (unpaired) electrons. The zero-order valence-electron chi connectivity index (χ0n) is 17.0. The van der Waals surface area contributed by atoms with Crippen molar-refractivity contribution in [1.82, 2.24) is 9.80 Å². The van der Waals surface area contributed by atoms with E-state index in [4.69, 9.17) is 0 Å². The molecular formula is C22H44N2. The van der Waals surface area contributed by atoms with Gasteiger partial charge >= 0.3 is 0 Å². The van der Waals surface area contributed by atoms with Gasteiger partial charge in [0, 0.05) is 11.6 Å². The molecule has 2 fully saturated rings. The topological polar surface area (TPSA) is 6.48 Å². The Morgan fingerprint density at radius 2 is 1.25 bits per heavy atom. The second kappa shape index (κ2) is 10.8. The number of hydrogen-bond acceptors (Lipinski definition) is 2. The molecule has 0 aliphatic carbocycles. The molecule has 2 nitrogen and oxygen atoms in total. The molecule has 2 heteroatoms. The average Bonchev–Trinajstić information content (AvgIpc) is 3.31. The highest BCUT2D eigenvalue weighted by Crippen LogP contribution is 2.37. The minimum atomic E-state index is 0.449. The van der Waals surface area contributed by atoms with Crippen LogP contribution in [0.5, 0.6) is 0 Å². The lowest BCUT2D eigenvalue weighted by Crippen LogP contribution is -2.60. The summed E-state index contributed by atoms with van der Waals surface area (Å²) in [6.45, 7) is 12.7. The average molecular weight is 337 g/mol. The van der Waals surface area contributed by atoms with Crippen LogP contribution in [-0.4, -0.2) is 47.6 Å². The van der Waals surface area contributed by atoms with Crippen LogP contribution in [0.25, 0.3) is 0 Å². The van der Waals surface area contributed by atoms with E-state index >= 15 is 0 Å². The highest BCUT2D eigenvalue weighted by molar-refractivity contribution is 5.02. The summed E-state index contributed by atoms with van der Waals surface area (Å²) in [5.41, 5.74) is 0.449. The SMILES string of the molecule is CCCCCCCCC(N1CCCC1)C(CC)(CC)N1CCCC1. The Hall–Kier alpha value is -0.0800. The van der Waals surface area contributed by atoms with E-state index in [0.717, 1.165) is 6.04 Å². The molecule has 2 heterocycles. The lowest BCUT2D eigenvalue weighted by atomic mass is 9.79. The maximum Gasteiger partial charge on any atom is 0.0359 e. The quantitative estimate of drug-likeness (QED) is 0.412. The van der Waals surface area contributed by atoms with Crippen LogP contribution < -0.4 is 0 Å². The lowest BCUT2D eigenvalue weighted by molar-refractivity contribution is 0.00452. The van der Waals surface area contributed by atoms with Gasteiger partial charge in [-0.1, -0.05) is 59.3 Å². The molecule has 0 aromatic rings. The predicted molar refractivity (Wildman–Crippen MR) is 107 cm³/mol. The van der Waals surface area contributed by atoms with Gasteiger partial charge in [0.05, 0.1) is 0 Å². The van der Waals surface area contributed by atoms with E-state index in [1.54, 1.807) is 0 Å². The molecule has 2 rings (SSSR count). The second-order valence-corrected chi connectivity index (χ2v) is 8.32. The monoisotopic (exact) mass is 336 g/mol. The molecule has 142 valence electrons. The summed E-state index contributed by atoms with van der Waals surface area (Å²) in [4.78, 5) is 5.78. The van der Waals surface area contributed by atoms with Gasteiger partial charge in [-0.15, -0.1) is 0 Å². The van der Waals surface area contributed by atoms with Gasteiger partial charge in [0.1, 0.15) is 0 Å². The zero-order valence-corrected chi connectivity index (χ0v) is 17.0. The minimum Gasteiger partial charge on any atom is -0.299 e. The first-order chi connectivity index (χ1) is 11.8. The molecular weight excluding hydrogens is 292 g/mol. The Balaban J connectivity index is 1.99. The maximum atomic E-state index is 2.90. The fourth-order valence-corrected chi connectivity index (χ4v) is 5.50. The van der Waals surface area contributed by atoms with E-state index < -0.39 is 0 Å². The van der Waals surface area contributed by atoms with Gasteiger partial charge in [-0.05, 0) is 71.1 Å². The Morgan fingerprint density at radius 3 is 1.83 bits per heavy atom. The third kappa shape index (κ3) is 4.97. The molecule has 0 bridgehead atoms. The van der Waals surface area contributed by atoms with Crippen molar-refractivity contribution in [3.8, 4) is 0 Å². The van der Waals surface area contributed by atoms with Crippen molar-refractivity contribution < 1.29 is 0 Å². The number of likely N-dealkylation sites (tertiary alicyclic amines) is 2. The molecule has 2 saturated heterocycles. The summed E-state index contributed by atoms with van der Waals surface area (Å²) in [7, 11) is 0. The summed E-state index contributed by atoms with van der Waals surface area (Å²) in [6.07, 6.45) is 18.4. The Kier molecular flexibility index (Phi) is 9.11. The normalized spacial score (nSPS) is 21.6. The first kappa shape index (κ1) is 20.2. The summed E-state index contributed by atoms with van der Waals surface area (Å²) >= 11 is 0. The van der Waals surface area contributed by atoms with E-state index in [-0.39, 0.29) is 0 Å². The predicted octanol–water partition coefficient (Wildman–Crippen LogP) is 5.86. The molecule has 2 aliphatic heterocycles. The summed E-state index contributed by atoms with van der Waals surface area (Å²) in [5.74, 6) is 0. The number of unbranched alkanes of at least 4 members (excludes halogenated alkanes) is 5. The van der Waals surface area contributed by atoms with Crippen molar-refractivity contribution in [1.29, 1.82) is 0 Å². The Morgan fingerprint density at radius 1 is 0.708 bits per heavy atom. The van der Waals surface area contributed by atoms with Gasteiger partial charge in [0.2, 0.25) is 0 Å². The van der Waals surface area contributed by atoms with E-state index in [9.17, 15) is 0 Å². The van der Waals surface area contributed by atoms with Gasteiger partial charge < -0.3 is 0 Å². The molecule has 0 aromatic carbocycles. The van der Waals surface area contributed by atoms with Crippen LogP contribution in [0.4, 0.5) is 0 Å². The molecule has 0 aromatic heterocycles. The van der Waals surface area contributed by atoms with Gasteiger partial charge in [-0.3, -0.25) is 9.80 Å². The third-order valence-electron chi connectivity index (χ3n) is 6.99. The lowest BCUT2D eigenvalue weighted by Gasteiger charge is -2.50. The second-order valence-electron chi connectivity index (χ2n) is 8.32. The maximum absolute atomic E-state index is 2.90. The van der Waals surface area contributed by atoms with Gasteiger partial charge in [-0.25, -0.2) is 0 Å². The number of hydrogen-bond donors (Lipinski definition) is 0. The van der Waals surface area contributed by atoms with Crippen LogP contribution in [-0.2, 0) is 0 Å². The fraction of sp³-hybridized carbons (Fsp3) is 1.00. The van der Waals surface area contributed by atoms with E-state index in [0.29, 0.717) is 5.54 Å². The molecule has 1 atom stereocenters. The van der Waals surface area contributed by atoms with Crippen molar-refractivity contribution in [2.24, 2.45) is 0 Å². The molecule has 24 heavy (non-hydrogen) atoms. The molecule has 0 spiro atoms. The van der Waals surface area contributed by atoms with Crippen LogP contribution in [0.15, 0.2) is 0 Å². The first-order valence-corrected chi connectivity index (χ1v) is 11.3. The molecule has 0 saturated carbocycles. The van der Waals surface area contributed by atoms with Gasteiger partial charge in [-0.2, -0.15) is 0 Å². The van der Waals surface area contributed by atoms with Crippen LogP contribution in [0, 0.1) is 0 Å². The molecule has 2 aliphatic rings. The number of nitrogens with zero attached hydrogens (tertiary/aromatic N) is 2. The summed E-state index contributed by atoms with van der Waals surface area (Å²) in [5, 5.41) is 0. The van der Waals surface area contributed by atoms with Crippen LogP contribution in [0.2, 0.25) is 0 Å². The van der Waals surface area contributed by atoms with E-state index in [1.165, 1.54) is 110 Å². The van der Waals surface area contributed by atoms with Crippen molar-refractivity contribution >= 4 is 0 Å². The van der Waals surface area contributed by atoms with Crippen molar-refractivity contribution in [3.63, 3.8) is 0 Å². The zero-order chi connectivity index (χ0) is 17.3. The van der Waals surface area contributed by atoms with E-state index in [1.807, 2.05) is 0 Å². The highest BCUT2D eigenvalue weighted by Gasteiger charge is 2.44. The smallest absolute Gasteiger partial charge is 0.0359 e. The molecule has 0 amide bonds. The number of rotatable bonds is 12. The van der Waals surface area contributed by atoms with Crippen LogP contribution in [0.1, 0.15) is 104 Å². The molecule has 0 N–H and O–H groups in total. The van der Waals surface area contributed by atoms with Crippen LogP contribution in [0.3, 0.4) is 0 Å². The molecule has 1 unspecified atom stereocenters. The Bertz CT molecular complexity index is 312. The van der Waals surface area contributed by atoms with E-state index in [2.05, 4.69) is 30.6 Å². The first-order valence-electron chi connectivity index (χ1n) is 11.3. The van der Waals surface area contributed by atoms with Gasteiger partial charge in [0.15, 0.2) is 0 Å². The van der Waals surface area contributed by atoms with Crippen molar-refractivity contribution in [3.05, 3.63) is 0 Å². The van der Waals surface area contributed by atoms with Crippen molar-refractivity contribution in [2.75, 3.05) is 26.2 Å². The largest absolute Gasteiger partial charge is 0.299 e. The van der Waals surface area contributed by atoms with Crippen molar-refractivity contribution in [2.45, 2.75) is 116 Å². The standard InChI is InChI=1S/C22H44N2/c1-4-7-8-9-10-11-16-21(23-17-12-13-18-23)22(5-2,6-3)24-19-14-15-20-24/h21H,4-20H2,1-3H3. The fourth-order valence-electron chi connectivity index (χ4n) is 5.50. The Labute approximate surface area is 152 Å². The van der Waals surface area contributed by atoms with Gasteiger partial charge in [0.25, 0.3) is 0 Å². The highest BCUT2D eigenvalue weighted by atomic mass is 15.3. The van der Waals surface area contributed by atoms with Crippen LogP contribution >= 0.6 is 0 Å². The minimum absolute atomic E-state index is 0.449. The summed E-state index contributed by atoms with van der Waals surface area (Å²) in [6, 6.07) is 0.805. The third-order valence-corrected chi connectivity index (χ3v) is 6.99.